The maximum absolute atomic E-state index is 12.2. The lowest BCUT2D eigenvalue weighted by atomic mass is 9.79. The van der Waals surface area contributed by atoms with Crippen molar-refractivity contribution >= 4 is 18.0 Å². The number of halogens is 1. The molecule has 2 aromatic rings. The second kappa shape index (κ2) is 11.8. The molecule has 0 unspecified atom stereocenters. The number of methoxy groups -OCH3 is 2. The first-order chi connectivity index (χ1) is 15.5. The zero-order valence-corrected chi connectivity index (χ0v) is 19.5. The number of unbranched alkanes of at least 4 members (excludes halogenated alkanes) is 1. The summed E-state index contributed by atoms with van der Waals surface area (Å²) in [7, 11) is 3.33. The van der Waals surface area contributed by atoms with Crippen LogP contribution in [-0.2, 0) is 31.2 Å². The fourth-order valence-electron chi connectivity index (χ4n) is 4.33. The van der Waals surface area contributed by atoms with E-state index in [4.69, 9.17) is 25.8 Å². The van der Waals surface area contributed by atoms with Gasteiger partial charge in [-0.1, -0.05) is 41.9 Å². The van der Waals surface area contributed by atoms with Gasteiger partial charge in [0.2, 0.25) is 6.41 Å². The van der Waals surface area contributed by atoms with Gasteiger partial charge in [-0.25, -0.2) is 0 Å². The van der Waals surface area contributed by atoms with E-state index in [0.29, 0.717) is 49.9 Å². The molecule has 0 aliphatic carbocycles. The minimum absolute atomic E-state index is 0.319. The van der Waals surface area contributed by atoms with Gasteiger partial charge in [-0.3, -0.25) is 4.79 Å². The van der Waals surface area contributed by atoms with Gasteiger partial charge in [0.25, 0.3) is 0 Å². The number of amides is 1. The van der Waals surface area contributed by atoms with E-state index in [-0.39, 0.29) is 0 Å². The molecule has 1 amide bonds. The molecule has 1 heterocycles. The maximum atomic E-state index is 12.2. The van der Waals surface area contributed by atoms with Crippen LogP contribution in [0.5, 0.6) is 0 Å². The highest BCUT2D eigenvalue weighted by atomic mass is 35.5. The SMILES string of the molecule is COCCCC[C@@](O)(c1cccc(Cl)c1-c1cccc(COC)c1)[C@H]1CN(C=O)CCO1. The van der Waals surface area contributed by atoms with Gasteiger partial charge in [0.15, 0.2) is 0 Å². The summed E-state index contributed by atoms with van der Waals surface area (Å²) in [6.07, 6.45) is 2.25. The number of hydrogen-bond acceptors (Lipinski definition) is 5. The van der Waals surface area contributed by atoms with Crippen molar-refractivity contribution in [2.45, 2.75) is 37.6 Å². The van der Waals surface area contributed by atoms with Crippen molar-refractivity contribution in [3.05, 3.63) is 58.6 Å². The molecule has 1 saturated heterocycles. The summed E-state index contributed by atoms with van der Waals surface area (Å²) in [6.45, 7) is 2.31. The average molecular weight is 462 g/mol. The third-order valence-corrected chi connectivity index (χ3v) is 6.26. The van der Waals surface area contributed by atoms with Gasteiger partial charge in [0, 0.05) is 44.5 Å². The lowest BCUT2D eigenvalue weighted by Gasteiger charge is -2.42. The standard InChI is InChI=1S/C25H32ClNO5/c1-30-13-4-3-11-25(29,23-16-27(18-28)12-14-32-23)21-9-6-10-22(26)24(21)20-8-5-7-19(15-20)17-31-2/h5-10,15,18,23,29H,3-4,11-14,16-17H2,1-2H3/t23-,25-/m1/s1. The number of benzene rings is 2. The van der Waals surface area contributed by atoms with E-state index >= 15 is 0 Å². The molecule has 1 fully saturated rings. The van der Waals surface area contributed by atoms with Gasteiger partial charge in [-0.2, -0.15) is 0 Å². The van der Waals surface area contributed by atoms with Crippen LogP contribution in [0, 0.1) is 0 Å². The molecular weight excluding hydrogens is 430 g/mol. The summed E-state index contributed by atoms with van der Waals surface area (Å²) >= 11 is 6.71. The summed E-state index contributed by atoms with van der Waals surface area (Å²) in [6, 6.07) is 13.5. The van der Waals surface area contributed by atoms with E-state index in [9.17, 15) is 9.90 Å². The van der Waals surface area contributed by atoms with Crippen LogP contribution in [0.1, 0.15) is 30.4 Å². The molecule has 2 atom stereocenters. The molecule has 174 valence electrons. The molecule has 6 nitrogen and oxygen atoms in total. The minimum atomic E-state index is -1.33. The van der Waals surface area contributed by atoms with Gasteiger partial charge in [-0.05, 0) is 48.1 Å². The predicted molar refractivity (Wildman–Crippen MR) is 125 cm³/mol. The number of carbonyl (C=O) groups excluding carboxylic acids is 1. The number of hydrogen-bond donors (Lipinski definition) is 1. The normalized spacial score (nSPS) is 18.4. The highest BCUT2D eigenvalue weighted by molar-refractivity contribution is 6.33. The Morgan fingerprint density at radius 1 is 1.22 bits per heavy atom. The van der Waals surface area contributed by atoms with Crippen molar-refractivity contribution in [2.75, 3.05) is 40.5 Å². The van der Waals surface area contributed by atoms with Gasteiger partial charge in [0.05, 0.1) is 13.2 Å². The van der Waals surface area contributed by atoms with Gasteiger partial charge in [-0.15, -0.1) is 0 Å². The Bertz CT molecular complexity index is 892. The topological polar surface area (TPSA) is 68.2 Å². The van der Waals surface area contributed by atoms with E-state index in [1.165, 1.54) is 0 Å². The zero-order chi connectivity index (χ0) is 23.0. The van der Waals surface area contributed by atoms with Crippen LogP contribution in [0.4, 0.5) is 0 Å². The maximum Gasteiger partial charge on any atom is 0.209 e. The molecule has 3 rings (SSSR count). The van der Waals surface area contributed by atoms with Gasteiger partial charge >= 0.3 is 0 Å². The van der Waals surface area contributed by atoms with Crippen molar-refractivity contribution < 1.29 is 24.1 Å². The van der Waals surface area contributed by atoms with Crippen molar-refractivity contribution in [3.8, 4) is 11.1 Å². The van der Waals surface area contributed by atoms with E-state index in [0.717, 1.165) is 35.9 Å². The average Bonchev–Trinajstić information content (AvgIpc) is 2.82. The Hall–Kier alpha value is -1.96. The monoisotopic (exact) mass is 461 g/mol. The first-order valence-corrected chi connectivity index (χ1v) is 11.3. The van der Waals surface area contributed by atoms with Crippen molar-refractivity contribution in [2.24, 2.45) is 0 Å². The predicted octanol–water partition coefficient (Wildman–Crippen LogP) is 4.01. The molecule has 2 aromatic carbocycles. The summed E-state index contributed by atoms with van der Waals surface area (Å²) in [5.74, 6) is 0. The number of ether oxygens (including phenoxy) is 3. The molecule has 7 heteroatoms. The number of rotatable bonds is 11. The first-order valence-electron chi connectivity index (χ1n) is 10.9. The van der Waals surface area contributed by atoms with E-state index in [1.54, 1.807) is 19.1 Å². The number of aliphatic hydroxyl groups is 1. The minimum Gasteiger partial charge on any atom is -0.385 e. The fraction of sp³-hybridized carbons (Fsp3) is 0.480. The number of nitrogens with zero attached hydrogens (tertiary/aromatic N) is 1. The largest absolute Gasteiger partial charge is 0.385 e. The van der Waals surface area contributed by atoms with E-state index in [2.05, 4.69) is 0 Å². The number of morpholine rings is 1. The molecule has 0 saturated carbocycles. The van der Waals surface area contributed by atoms with E-state index < -0.39 is 11.7 Å². The van der Waals surface area contributed by atoms with Crippen LogP contribution in [-0.4, -0.2) is 63.0 Å². The molecular formula is C25H32ClNO5. The summed E-state index contributed by atoms with van der Waals surface area (Å²) in [5, 5.41) is 12.7. The second-order valence-electron chi connectivity index (χ2n) is 8.13. The van der Waals surface area contributed by atoms with Crippen molar-refractivity contribution in [1.82, 2.24) is 4.90 Å². The highest BCUT2D eigenvalue weighted by Gasteiger charge is 2.43. The summed E-state index contributed by atoms with van der Waals surface area (Å²) in [4.78, 5) is 13.1. The molecule has 0 aromatic heterocycles. The van der Waals surface area contributed by atoms with Crippen molar-refractivity contribution in [3.63, 3.8) is 0 Å². The van der Waals surface area contributed by atoms with Crippen LogP contribution >= 0.6 is 11.6 Å². The lowest BCUT2D eigenvalue weighted by Crippen LogP contribution is -2.52. The smallest absolute Gasteiger partial charge is 0.209 e. The highest BCUT2D eigenvalue weighted by Crippen LogP contribution is 2.43. The molecule has 0 radical (unpaired) electrons. The number of carbonyl (C=O) groups is 1. The van der Waals surface area contributed by atoms with Gasteiger partial charge < -0.3 is 24.2 Å². The van der Waals surface area contributed by atoms with Crippen LogP contribution < -0.4 is 0 Å². The Kier molecular flexibility index (Phi) is 9.08. The van der Waals surface area contributed by atoms with Crippen LogP contribution in [0.2, 0.25) is 5.02 Å². The third-order valence-electron chi connectivity index (χ3n) is 5.94. The lowest BCUT2D eigenvalue weighted by molar-refractivity contribution is -0.158. The summed E-state index contributed by atoms with van der Waals surface area (Å²) < 4.78 is 16.5. The third kappa shape index (κ3) is 5.69. The zero-order valence-electron chi connectivity index (χ0n) is 18.8. The molecule has 1 N–H and O–H groups in total. The second-order valence-corrected chi connectivity index (χ2v) is 8.54. The Balaban J connectivity index is 2.07. The molecule has 0 spiro atoms. The van der Waals surface area contributed by atoms with Crippen LogP contribution in [0.3, 0.4) is 0 Å². The molecule has 0 bridgehead atoms. The Morgan fingerprint density at radius 3 is 2.78 bits per heavy atom. The molecule has 1 aliphatic rings. The Labute approximate surface area is 195 Å². The first kappa shape index (κ1) is 24.7. The van der Waals surface area contributed by atoms with Crippen molar-refractivity contribution in [1.29, 1.82) is 0 Å². The van der Waals surface area contributed by atoms with E-state index in [1.807, 2.05) is 42.5 Å². The van der Waals surface area contributed by atoms with Crippen LogP contribution in [0.25, 0.3) is 11.1 Å². The summed E-state index contributed by atoms with van der Waals surface area (Å²) in [5.41, 5.74) is 2.06. The quantitative estimate of drug-likeness (QED) is 0.404. The molecule has 1 aliphatic heterocycles. The molecule has 32 heavy (non-hydrogen) atoms. The fourth-order valence-corrected chi connectivity index (χ4v) is 4.61. The van der Waals surface area contributed by atoms with Crippen LogP contribution in [0.15, 0.2) is 42.5 Å². The van der Waals surface area contributed by atoms with Gasteiger partial charge in [0.1, 0.15) is 11.7 Å². The Morgan fingerprint density at radius 2 is 2.03 bits per heavy atom.